The lowest BCUT2D eigenvalue weighted by atomic mass is 9.86. The Morgan fingerprint density at radius 1 is 0.547 bits per heavy atom. The summed E-state index contributed by atoms with van der Waals surface area (Å²) >= 11 is 0. The highest BCUT2D eigenvalue weighted by molar-refractivity contribution is 7.88. The average Bonchev–Trinajstić information content (AvgIpc) is 3.45. The molecule has 5 aromatic carbocycles. The quantitative estimate of drug-likeness (QED) is 0.125. The van der Waals surface area contributed by atoms with Gasteiger partial charge in [0.05, 0.1) is 16.4 Å². The number of hydrogen-bond acceptors (Lipinski definition) is 6. The first-order valence-corrected chi connectivity index (χ1v) is 18.4. The standard InChI is InChI=1S/C42H37F3N4O3S/c1-40(2,3)29-20-14-26(15-21-29)37-46-38(27-16-22-30(23-17-27)41(4,5)6)48-39(47-37)28-18-24-31(25-19-28)49-33-11-8-7-10-32(33)36-34(49)12-9-13-35(36)52-53(50,51)42(43,44)45/h7-25H,1-6H3. The topological polar surface area (TPSA) is 87.0 Å². The molecule has 0 radical (unpaired) electrons. The first-order valence-electron chi connectivity index (χ1n) is 17.0. The van der Waals surface area contributed by atoms with E-state index in [0.717, 1.165) is 16.7 Å². The SMILES string of the molecule is CC(C)(C)c1ccc(-c2nc(-c3ccc(-n4c5ccccc5c5c(OS(=O)(=O)C(F)(F)F)cccc54)cc3)nc(-c3ccc(C(C)(C)C)cc3)n2)cc1. The average molecular weight is 735 g/mol. The number of benzene rings is 5. The molecule has 0 spiro atoms. The molecule has 0 saturated carbocycles. The van der Waals surface area contributed by atoms with Crippen LogP contribution in [-0.4, -0.2) is 33.4 Å². The fourth-order valence-corrected chi connectivity index (χ4v) is 6.73. The van der Waals surface area contributed by atoms with Gasteiger partial charge in [-0.05, 0) is 64.4 Å². The fourth-order valence-electron chi connectivity index (χ4n) is 6.26. The Morgan fingerprint density at radius 3 is 1.43 bits per heavy atom. The second-order valence-corrected chi connectivity index (χ2v) is 16.5. The third kappa shape index (κ3) is 6.89. The number of aromatic nitrogens is 4. The maximum Gasteiger partial charge on any atom is 0.534 e. The molecule has 2 aromatic heterocycles. The Labute approximate surface area is 306 Å². The number of alkyl halides is 3. The Kier molecular flexibility index (Phi) is 8.68. The predicted octanol–water partition coefficient (Wildman–Crippen LogP) is 10.8. The van der Waals surface area contributed by atoms with Crippen LogP contribution in [0.15, 0.2) is 115 Å². The van der Waals surface area contributed by atoms with Gasteiger partial charge in [-0.1, -0.05) is 114 Å². The predicted molar refractivity (Wildman–Crippen MR) is 203 cm³/mol. The molecule has 7 nitrogen and oxygen atoms in total. The summed E-state index contributed by atoms with van der Waals surface area (Å²) in [5.41, 5.74) is 0.982. The van der Waals surface area contributed by atoms with E-state index < -0.39 is 21.4 Å². The Hall–Kier alpha value is -5.55. The second-order valence-electron chi connectivity index (χ2n) is 15.0. The lowest BCUT2D eigenvalue weighted by Gasteiger charge is -2.19. The van der Waals surface area contributed by atoms with E-state index in [1.54, 1.807) is 24.3 Å². The molecule has 7 aromatic rings. The summed E-state index contributed by atoms with van der Waals surface area (Å²) in [5, 5.41) is 0.767. The summed E-state index contributed by atoms with van der Waals surface area (Å²) in [4.78, 5) is 14.7. The Bertz CT molecular complexity index is 2510. The van der Waals surface area contributed by atoms with Crippen LogP contribution >= 0.6 is 0 Å². The van der Waals surface area contributed by atoms with Crippen LogP contribution in [0.5, 0.6) is 5.75 Å². The molecule has 11 heteroatoms. The van der Waals surface area contributed by atoms with Crippen molar-refractivity contribution in [2.24, 2.45) is 0 Å². The van der Waals surface area contributed by atoms with E-state index in [9.17, 15) is 21.6 Å². The number of nitrogens with zero attached hydrogens (tertiary/aromatic N) is 4. The minimum absolute atomic E-state index is 0.0176. The van der Waals surface area contributed by atoms with Crippen molar-refractivity contribution in [2.75, 3.05) is 0 Å². The molecule has 0 aliphatic carbocycles. The summed E-state index contributed by atoms with van der Waals surface area (Å²) in [6.45, 7) is 13.0. The van der Waals surface area contributed by atoms with Gasteiger partial charge in [0.15, 0.2) is 23.2 Å². The molecule has 0 saturated heterocycles. The van der Waals surface area contributed by atoms with Gasteiger partial charge in [0, 0.05) is 27.8 Å². The van der Waals surface area contributed by atoms with Crippen molar-refractivity contribution >= 4 is 31.9 Å². The van der Waals surface area contributed by atoms with Crippen molar-refractivity contribution < 1.29 is 25.8 Å². The molecular weight excluding hydrogens is 698 g/mol. The van der Waals surface area contributed by atoms with E-state index in [2.05, 4.69) is 70.0 Å². The molecule has 0 aliphatic rings. The zero-order valence-corrected chi connectivity index (χ0v) is 30.8. The van der Waals surface area contributed by atoms with Gasteiger partial charge in [-0.3, -0.25) is 0 Å². The van der Waals surface area contributed by atoms with Crippen molar-refractivity contribution in [1.29, 1.82) is 0 Å². The van der Waals surface area contributed by atoms with E-state index in [1.165, 1.54) is 23.3 Å². The van der Waals surface area contributed by atoms with Crippen LogP contribution in [0.25, 0.3) is 61.7 Å². The van der Waals surface area contributed by atoms with Crippen LogP contribution in [0, 0.1) is 0 Å². The van der Waals surface area contributed by atoms with Gasteiger partial charge < -0.3 is 8.75 Å². The van der Waals surface area contributed by atoms with E-state index in [1.807, 2.05) is 59.2 Å². The normalized spacial score (nSPS) is 12.8. The second kappa shape index (κ2) is 12.8. The first-order chi connectivity index (χ1) is 24.9. The third-order valence-electron chi connectivity index (χ3n) is 9.18. The lowest BCUT2D eigenvalue weighted by Crippen LogP contribution is -2.28. The maximum atomic E-state index is 13.3. The highest BCUT2D eigenvalue weighted by Crippen LogP contribution is 2.40. The van der Waals surface area contributed by atoms with Crippen molar-refractivity contribution in [3.05, 3.63) is 126 Å². The molecule has 0 unspecified atom stereocenters. The molecule has 7 rings (SSSR count). The smallest absolute Gasteiger partial charge is 0.375 e. The van der Waals surface area contributed by atoms with E-state index in [4.69, 9.17) is 15.0 Å². The number of para-hydroxylation sites is 1. The van der Waals surface area contributed by atoms with E-state index in [-0.39, 0.29) is 16.2 Å². The van der Waals surface area contributed by atoms with Crippen LogP contribution in [0.3, 0.4) is 0 Å². The summed E-state index contributed by atoms with van der Waals surface area (Å²) in [7, 11) is -5.90. The molecule has 0 bridgehead atoms. The van der Waals surface area contributed by atoms with Crippen molar-refractivity contribution in [1.82, 2.24) is 19.5 Å². The van der Waals surface area contributed by atoms with E-state index >= 15 is 0 Å². The molecule has 0 amide bonds. The molecule has 0 aliphatic heterocycles. The molecule has 2 heterocycles. The summed E-state index contributed by atoms with van der Waals surface area (Å²) < 4.78 is 70.5. The molecule has 0 atom stereocenters. The van der Waals surface area contributed by atoms with Crippen LogP contribution < -0.4 is 4.18 Å². The number of rotatable bonds is 6. The largest absolute Gasteiger partial charge is 0.534 e. The van der Waals surface area contributed by atoms with Crippen molar-refractivity contribution in [3.63, 3.8) is 0 Å². The van der Waals surface area contributed by atoms with Gasteiger partial charge in [0.1, 0.15) is 0 Å². The van der Waals surface area contributed by atoms with Gasteiger partial charge in [0.25, 0.3) is 0 Å². The van der Waals surface area contributed by atoms with Crippen molar-refractivity contribution in [2.45, 2.75) is 57.9 Å². The molecular formula is C42H37F3N4O3S. The summed E-state index contributed by atoms with van der Waals surface area (Å²) in [6.07, 6.45) is 0. The van der Waals surface area contributed by atoms with Crippen LogP contribution in [-0.2, 0) is 20.9 Å². The molecule has 0 fully saturated rings. The molecule has 270 valence electrons. The highest BCUT2D eigenvalue weighted by atomic mass is 32.2. The number of fused-ring (bicyclic) bond motifs is 3. The number of hydrogen-bond donors (Lipinski definition) is 0. The van der Waals surface area contributed by atoms with Gasteiger partial charge in [0.2, 0.25) is 0 Å². The fraction of sp³-hybridized carbons (Fsp3) is 0.214. The maximum absolute atomic E-state index is 13.3. The summed E-state index contributed by atoms with van der Waals surface area (Å²) in [5.74, 6) is 1.10. The molecule has 53 heavy (non-hydrogen) atoms. The number of halogens is 3. The van der Waals surface area contributed by atoms with Crippen LogP contribution in [0.1, 0.15) is 52.7 Å². The van der Waals surface area contributed by atoms with E-state index in [0.29, 0.717) is 39.6 Å². The zero-order chi connectivity index (χ0) is 37.9. The van der Waals surface area contributed by atoms with Gasteiger partial charge in [-0.2, -0.15) is 21.6 Å². The minimum atomic E-state index is -5.90. The van der Waals surface area contributed by atoms with Gasteiger partial charge in [-0.25, -0.2) is 15.0 Å². The zero-order valence-electron chi connectivity index (χ0n) is 30.0. The summed E-state index contributed by atoms with van der Waals surface area (Å²) in [6, 6.07) is 35.4. The monoisotopic (exact) mass is 734 g/mol. The van der Waals surface area contributed by atoms with Crippen LogP contribution in [0.2, 0.25) is 0 Å². The highest BCUT2D eigenvalue weighted by Gasteiger charge is 2.48. The van der Waals surface area contributed by atoms with Crippen LogP contribution in [0.4, 0.5) is 13.2 Å². The lowest BCUT2D eigenvalue weighted by molar-refractivity contribution is -0.0499. The third-order valence-corrected chi connectivity index (χ3v) is 10.1. The first kappa shape index (κ1) is 35.8. The van der Waals surface area contributed by atoms with Crippen molar-refractivity contribution in [3.8, 4) is 45.6 Å². The molecule has 0 N–H and O–H groups in total. The Morgan fingerprint density at radius 2 is 0.981 bits per heavy atom. The minimum Gasteiger partial charge on any atom is -0.375 e. The van der Waals surface area contributed by atoms with Gasteiger partial charge in [-0.15, -0.1) is 0 Å². The Balaban J connectivity index is 1.34. The van der Waals surface area contributed by atoms with Gasteiger partial charge >= 0.3 is 15.6 Å².